The van der Waals surface area contributed by atoms with E-state index < -0.39 is 17.9 Å². The Morgan fingerprint density at radius 3 is 2.17 bits per heavy atom. The standard InChI is InChI=1S/C18H18O5/c1-21-15-10-8-13(9-11-15)16(18(20)22-2)12-23-17(19)14-6-4-3-5-7-14/h3-11,16H,12H2,1-2H3/t16-/m1/s1. The Labute approximate surface area is 134 Å². The number of carbonyl (C=O) groups is 2. The zero-order valence-electron chi connectivity index (χ0n) is 13.0. The highest BCUT2D eigenvalue weighted by Gasteiger charge is 2.23. The van der Waals surface area contributed by atoms with E-state index in [4.69, 9.17) is 14.2 Å². The van der Waals surface area contributed by atoms with Crippen molar-refractivity contribution in [1.29, 1.82) is 0 Å². The molecule has 0 aliphatic heterocycles. The van der Waals surface area contributed by atoms with Crippen LogP contribution in [0.25, 0.3) is 0 Å². The fraction of sp³-hybridized carbons (Fsp3) is 0.222. The molecule has 2 aromatic rings. The zero-order chi connectivity index (χ0) is 16.7. The molecule has 0 unspecified atom stereocenters. The van der Waals surface area contributed by atoms with Crippen molar-refractivity contribution in [2.45, 2.75) is 5.92 Å². The molecule has 2 rings (SSSR count). The van der Waals surface area contributed by atoms with Gasteiger partial charge in [0, 0.05) is 0 Å². The molecular formula is C18H18O5. The largest absolute Gasteiger partial charge is 0.497 e. The lowest BCUT2D eigenvalue weighted by Crippen LogP contribution is -2.21. The van der Waals surface area contributed by atoms with Crippen LogP contribution in [-0.4, -0.2) is 32.8 Å². The lowest BCUT2D eigenvalue weighted by molar-refractivity contribution is -0.143. The van der Waals surface area contributed by atoms with Gasteiger partial charge in [0.05, 0.1) is 19.8 Å². The summed E-state index contributed by atoms with van der Waals surface area (Å²) in [5, 5.41) is 0. The number of carbonyl (C=O) groups excluding carboxylic acids is 2. The maximum absolute atomic E-state index is 12.0. The van der Waals surface area contributed by atoms with E-state index in [0.717, 1.165) is 0 Å². The van der Waals surface area contributed by atoms with Crippen molar-refractivity contribution in [3.05, 3.63) is 65.7 Å². The first-order valence-corrected chi connectivity index (χ1v) is 7.09. The highest BCUT2D eigenvalue weighted by atomic mass is 16.5. The van der Waals surface area contributed by atoms with Crippen LogP contribution < -0.4 is 4.74 Å². The highest BCUT2D eigenvalue weighted by Crippen LogP contribution is 2.21. The second-order valence-corrected chi connectivity index (χ2v) is 4.81. The summed E-state index contributed by atoms with van der Waals surface area (Å²) in [5.74, 6) is -0.943. The average molecular weight is 314 g/mol. The van der Waals surface area contributed by atoms with Crippen LogP contribution >= 0.6 is 0 Å². The number of ether oxygens (including phenoxy) is 3. The van der Waals surface area contributed by atoms with Crippen LogP contribution in [0.15, 0.2) is 54.6 Å². The van der Waals surface area contributed by atoms with Crippen LogP contribution in [0.5, 0.6) is 5.75 Å². The summed E-state index contributed by atoms with van der Waals surface area (Å²) in [6, 6.07) is 15.6. The van der Waals surface area contributed by atoms with E-state index in [9.17, 15) is 9.59 Å². The summed E-state index contributed by atoms with van der Waals surface area (Å²) in [4.78, 5) is 24.0. The Morgan fingerprint density at radius 2 is 1.61 bits per heavy atom. The third-order valence-corrected chi connectivity index (χ3v) is 3.39. The van der Waals surface area contributed by atoms with Crippen LogP contribution in [0.1, 0.15) is 21.8 Å². The average Bonchev–Trinajstić information content (AvgIpc) is 2.62. The maximum atomic E-state index is 12.0. The number of hydrogen-bond acceptors (Lipinski definition) is 5. The number of rotatable bonds is 6. The minimum absolute atomic E-state index is 0.0905. The maximum Gasteiger partial charge on any atom is 0.338 e. The number of methoxy groups -OCH3 is 2. The van der Waals surface area contributed by atoms with E-state index in [1.165, 1.54) is 7.11 Å². The number of hydrogen-bond donors (Lipinski definition) is 0. The lowest BCUT2D eigenvalue weighted by atomic mass is 10.00. The van der Waals surface area contributed by atoms with Gasteiger partial charge in [-0.3, -0.25) is 4.79 Å². The molecule has 120 valence electrons. The second-order valence-electron chi connectivity index (χ2n) is 4.81. The topological polar surface area (TPSA) is 61.8 Å². The Morgan fingerprint density at radius 1 is 0.957 bits per heavy atom. The van der Waals surface area contributed by atoms with Gasteiger partial charge >= 0.3 is 11.9 Å². The smallest absolute Gasteiger partial charge is 0.338 e. The van der Waals surface area contributed by atoms with E-state index in [1.54, 1.807) is 55.6 Å². The van der Waals surface area contributed by atoms with Gasteiger partial charge in [0.15, 0.2) is 0 Å². The fourth-order valence-electron chi connectivity index (χ4n) is 2.10. The third kappa shape index (κ3) is 4.32. The normalized spacial score (nSPS) is 11.4. The first kappa shape index (κ1) is 16.5. The predicted octanol–water partition coefficient (Wildman–Crippen LogP) is 2.81. The fourth-order valence-corrected chi connectivity index (χ4v) is 2.10. The van der Waals surface area contributed by atoms with Crippen LogP contribution in [0, 0.1) is 0 Å². The van der Waals surface area contributed by atoms with Crippen molar-refractivity contribution < 1.29 is 23.8 Å². The summed E-state index contributed by atoms with van der Waals surface area (Å²) in [5.41, 5.74) is 1.13. The summed E-state index contributed by atoms with van der Waals surface area (Å²) < 4.78 is 15.1. The van der Waals surface area contributed by atoms with Crippen molar-refractivity contribution in [3.8, 4) is 5.75 Å². The molecule has 0 aromatic heterocycles. The van der Waals surface area contributed by atoms with Gasteiger partial charge in [-0.1, -0.05) is 30.3 Å². The van der Waals surface area contributed by atoms with Crippen LogP contribution in [0.3, 0.4) is 0 Å². The first-order valence-electron chi connectivity index (χ1n) is 7.09. The van der Waals surface area contributed by atoms with Gasteiger partial charge in [0.2, 0.25) is 0 Å². The Balaban J connectivity index is 2.09. The molecule has 0 saturated carbocycles. The quantitative estimate of drug-likeness (QED) is 0.767. The lowest BCUT2D eigenvalue weighted by Gasteiger charge is -2.15. The van der Waals surface area contributed by atoms with E-state index in [2.05, 4.69) is 0 Å². The van der Waals surface area contributed by atoms with Gasteiger partial charge in [-0.2, -0.15) is 0 Å². The van der Waals surface area contributed by atoms with E-state index in [0.29, 0.717) is 16.9 Å². The molecule has 0 aliphatic carbocycles. The van der Waals surface area contributed by atoms with E-state index >= 15 is 0 Å². The van der Waals surface area contributed by atoms with Crippen molar-refractivity contribution >= 4 is 11.9 Å². The molecule has 0 bridgehead atoms. The molecular weight excluding hydrogens is 296 g/mol. The van der Waals surface area contributed by atoms with Crippen molar-refractivity contribution in [2.24, 2.45) is 0 Å². The Kier molecular flexibility index (Phi) is 5.74. The van der Waals surface area contributed by atoms with Gasteiger partial charge in [0.25, 0.3) is 0 Å². The summed E-state index contributed by atoms with van der Waals surface area (Å²) in [6.07, 6.45) is 0. The Hall–Kier alpha value is -2.82. The molecule has 0 amide bonds. The van der Waals surface area contributed by atoms with Gasteiger partial charge in [-0.25, -0.2) is 4.79 Å². The van der Waals surface area contributed by atoms with Crippen LogP contribution in [0.2, 0.25) is 0 Å². The highest BCUT2D eigenvalue weighted by molar-refractivity contribution is 5.89. The van der Waals surface area contributed by atoms with E-state index in [1.807, 2.05) is 6.07 Å². The molecule has 0 saturated heterocycles. The number of benzene rings is 2. The molecule has 0 fully saturated rings. The molecule has 1 atom stereocenters. The minimum atomic E-state index is -0.682. The van der Waals surface area contributed by atoms with E-state index in [-0.39, 0.29) is 6.61 Å². The molecule has 0 spiro atoms. The summed E-state index contributed by atoms with van der Waals surface area (Å²) in [7, 11) is 2.87. The molecule has 23 heavy (non-hydrogen) atoms. The summed E-state index contributed by atoms with van der Waals surface area (Å²) >= 11 is 0. The van der Waals surface area contributed by atoms with Crippen LogP contribution in [0.4, 0.5) is 0 Å². The van der Waals surface area contributed by atoms with Gasteiger partial charge in [-0.15, -0.1) is 0 Å². The SMILES string of the molecule is COC(=O)[C@H](COC(=O)c1ccccc1)c1ccc(OC)cc1. The Bertz CT molecular complexity index is 649. The van der Waals surface area contributed by atoms with Gasteiger partial charge in [-0.05, 0) is 29.8 Å². The summed E-state index contributed by atoms with van der Waals surface area (Å²) in [6.45, 7) is -0.0905. The first-order chi connectivity index (χ1) is 11.2. The van der Waals surface area contributed by atoms with Crippen molar-refractivity contribution in [3.63, 3.8) is 0 Å². The van der Waals surface area contributed by atoms with Crippen LogP contribution in [-0.2, 0) is 14.3 Å². The van der Waals surface area contributed by atoms with Crippen molar-refractivity contribution in [2.75, 3.05) is 20.8 Å². The second kappa shape index (κ2) is 7.98. The molecule has 2 aromatic carbocycles. The van der Waals surface area contributed by atoms with Gasteiger partial charge in [0.1, 0.15) is 18.3 Å². The molecule has 0 N–H and O–H groups in total. The van der Waals surface area contributed by atoms with Gasteiger partial charge < -0.3 is 14.2 Å². The van der Waals surface area contributed by atoms with Crippen molar-refractivity contribution in [1.82, 2.24) is 0 Å². The molecule has 5 nitrogen and oxygen atoms in total. The predicted molar refractivity (Wildman–Crippen MR) is 84.5 cm³/mol. The minimum Gasteiger partial charge on any atom is -0.497 e. The molecule has 5 heteroatoms. The molecule has 0 heterocycles. The zero-order valence-corrected chi connectivity index (χ0v) is 13.0. The number of esters is 2. The monoisotopic (exact) mass is 314 g/mol. The third-order valence-electron chi connectivity index (χ3n) is 3.39. The molecule has 0 aliphatic rings. The molecule has 0 radical (unpaired) electrons.